The zero-order valence-electron chi connectivity index (χ0n) is 10.5. The minimum atomic E-state index is 0.0353. The van der Waals surface area contributed by atoms with Crippen molar-refractivity contribution in [3.8, 4) is 0 Å². The largest absolute Gasteiger partial charge is 0.369 e. The summed E-state index contributed by atoms with van der Waals surface area (Å²) in [6.45, 7) is 4.25. The Morgan fingerprint density at radius 3 is 3.00 bits per heavy atom. The molecule has 0 bridgehead atoms. The SMILES string of the molecule is Cc1cc(Cl)cc2c1N(CCCN)CCC(=O)N2. The van der Waals surface area contributed by atoms with Crippen LogP contribution in [0.15, 0.2) is 12.1 Å². The fourth-order valence-electron chi connectivity index (χ4n) is 2.32. The Bertz CT molecular complexity index is 462. The van der Waals surface area contributed by atoms with E-state index in [-0.39, 0.29) is 5.91 Å². The van der Waals surface area contributed by atoms with E-state index in [9.17, 15) is 4.79 Å². The summed E-state index contributed by atoms with van der Waals surface area (Å²) in [6, 6.07) is 3.73. The molecule has 1 aliphatic heterocycles. The quantitative estimate of drug-likeness (QED) is 0.882. The summed E-state index contributed by atoms with van der Waals surface area (Å²) < 4.78 is 0. The molecule has 4 nitrogen and oxygen atoms in total. The van der Waals surface area contributed by atoms with Crippen LogP contribution in [0.1, 0.15) is 18.4 Å². The molecule has 0 saturated carbocycles. The first-order chi connectivity index (χ1) is 8.61. The van der Waals surface area contributed by atoms with Gasteiger partial charge in [-0.2, -0.15) is 0 Å². The molecule has 0 fully saturated rings. The molecule has 1 amide bonds. The van der Waals surface area contributed by atoms with Crippen LogP contribution < -0.4 is 16.0 Å². The minimum Gasteiger partial charge on any atom is -0.369 e. The number of hydrogen-bond donors (Lipinski definition) is 2. The Hall–Kier alpha value is -1.26. The van der Waals surface area contributed by atoms with Crippen LogP contribution in [-0.4, -0.2) is 25.5 Å². The molecule has 1 aromatic rings. The molecule has 2 rings (SSSR count). The lowest BCUT2D eigenvalue weighted by molar-refractivity contribution is -0.115. The molecule has 0 spiro atoms. The van der Waals surface area contributed by atoms with Crippen molar-refractivity contribution < 1.29 is 4.79 Å². The molecular weight excluding hydrogens is 250 g/mol. The molecule has 0 aliphatic carbocycles. The zero-order valence-corrected chi connectivity index (χ0v) is 11.3. The Balaban J connectivity index is 2.40. The molecular formula is C13H18ClN3O. The Kier molecular flexibility index (Phi) is 4.09. The highest BCUT2D eigenvalue weighted by Gasteiger charge is 2.21. The summed E-state index contributed by atoms with van der Waals surface area (Å²) in [5.41, 5.74) is 8.52. The lowest BCUT2D eigenvalue weighted by Gasteiger charge is -2.26. The molecule has 1 aliphatic rings. The van der Waals surface area contributed by atoms with Gasteiger partial charge in [0.25, 0.3) is 0 Å². The summed E-state index contributed by atoms with van der Waals surface area (Å²) in [4.78, 5) is 13.9. The number of nitrogens with one attached hydrogen (secondary N) is 1. The number of nitrogens with zero attached hydrogens (tertiary/aromatic N) is 1. The standard InChI is InChI=1S/C13H18ClN3O/c1-9-7-10(14)8-11-13(9)17(5-2-4-15)6-3-12(18)16-11/h7-8H,2-6,15H2,1H3,(H,16,18). The maximum absolute atomic E-state index is 11.7. The number of carbonyl (C=O) groups excluding carboxylic acids is 1. The van der Waals surface area contributed by atoms with Crippen LogP contribution in [0.3, 0.4) is 0 Å². The fourth-order valence-corrected chi connectivity index (χ4v) is 2.59. The highest BCUT2D eigenvalue weighted by Crippen LogP contribution is 2.35. The predicted octanol–water partition coefficient (Wildman–Crippen LogP) is 2.15. The Morgan fingerprint density at radius 1 is 1.50 bits per heavy atom. The van der Waals surface area contributed by atoms with Crippen molar-refractivity contribution in [2.24, 2.45) is 5.73 Å². The molecule has 3 N–H and O–H groups in total. The fraction of sp³-hybridized carbons (Fsp3) is 0.462. The van der Waals surface area contributed by atoms with Gasteiger partial charge in [-0.15, -0.1) is 0 Å². The molecule has 98 valence electrons. The number of benzene rings is 1. The monoisotopic (exact) mass is 267 g/mol. The maximum atomic E-state index is 11.7. The van der Waals surface area contributed by atoms with Gasteiger partial charge < -0.3 is 16.0 Å². The number of hydrogen-bond acceptors (Lipinski definition) is 3. The van der Waals surface area contributed by atoms with Gasteiger partial charge in [-0.1, -0.05) is 11.6 Å². The number of amides is 1. The van der Waals surface area contributed by atoms with Crippen molar-refractivity contribution in [2.75, 3.05) is 29.9 Å². The third kappa shape index (κ3) is 2.76. The van der Waals surface area contributed by atoms with Crippen LogP contribution in [0.4, 0.5) is 11.4 Å². The highest BCUT2D eigenvalue weighted by molar-refractivity contribution is 6.31. The molecule has 1 aromatic carbocycles. The first-order valence-electron chi connectivity index (χ1n) is 6.17. The van der Waals surface area contributed by atoms with Gasteiger partial charge in [0.15, 0.2) is 0 Å². The van der Waals surface area contributed by atoms with Gasteiger partial charge in [-0.25, -0.2) is 0 Å². The van der Waals surface area contributed by atoms with Crippen molar-refractivity contribution in [3.63, 3.8) is 0 Å². The van der Waals surface area contributed by atoms with Gasteiger partial charge in [0.2, 0.25) is 5.91 Å². The summed E-state index contributed by atoms with van der Waals surface area (Å²) >= 11 is 6.05. The first kappa shape index (κ1) is 13.2. The second kappa shape index (κ2) is 5.59. The Morgan fingerprint density at radius 2 is 2.28 bits per heavy atom. The normalized spacial score (nSPS) is 15.1. The van der Waals surface area contributed by atoms with Crippen LogP contribution in [0.5, 0.6) is 0 Å². The number of fused-ring (bicyclic) bond motifs is 1. The molecule has 0 unspecified atom stereocenters. The summed E-state index contributed by atoms with van der Waals surface area (Å²) in [5, 5.41) is 3.56. The topological polar surface area (TPSA) is 58.4 Å². The zero-order chi connectivity index (χ0) is 13.1. The van der Waals surface area contributed by atoms with E-state index >= 15 is 0 Å². The van der Waals surface area contributed by atoms with E-state index in [0.717, 1.165) is 36.4 Å². The molecule has 0 radical (unpaired) electrons. The van der Waals surface area contributed by atoms with E-state index < -0.39 is 0 Å². The van der Waals surface area contributed by atoms with Gasteiger partial charge >= 0.3 is 0 Å². The summed E-state index contributed by atoms with van der Waals surface area (Å²) in [5.74, 6) is 0.0353. The first-order valence-corrected chi connectivity index (χ1v) is 6.54. The van der Waals surface area contributed by atoms with Crippen molar-refractivity contribution in [2.45, 2.75) is 19.8 Å². The highest BCUT2D eigenvalue weighted by atomic mass is 35.5. The second-order valence-corrected chi connectivity index (χ2v) is 4.98. The van der Waals surface area contributed by atoms with Crippen LogP contribution in [-0.2, 0) is 4.79 Å². The number of nitrogens with two attached hydrogens (primary N) is 1. The van der Waals surface area contributed by atoms with Crippen LogP contribution >= 0.6 is 11.6 Å². The average molecular weight is 268 g/mol. The summed E-state index contributed by atoms with van der Waals surface area (Å²) in [7, 11) is 0. The van der Waals surface area contributed by atoms with Crippen molar-refractivity contribution >= 4 is 28.9 Å². The molecule has 1 heterocycles. The van der Waals surface area contributed by atoms with Crippen molar-refractivity contribution in [1.29, 1.82) is 0 Å². The van der Waals surface area contributed by atoms with Gasteiger partial charge in [0.1, 0.15) is 0 Å². The van der Waals surface area contributed by atoms with Gasteiger partial charge in [-0.3, -0.25) is 4.79 Å². The van der Waals surface area contributed by atoms with Gasteiger partial charge in [0.05, 0.1) is 11.4 Å². The molecule has 5 heteroatoms. The maximum Gasteiger partial charge on any atom is 0.226 e. The third-order valence-electron chi connectivity index (χ3n) is 3.10. The third-order valence-corrected chi connectivity index (χ3v) is 3.31. The van der Waals surface area contributed by atoms with Crippen LogP contribution in [0.2, 0.25) is 5.02 Å². The average Bonchev–Trinajstić information content (AvgIpc) is 2.45. The van der Waals surface area contributed by atoms with E-state index in [1.54, 1.807) is 0 Å². The van der Waals surface area contributed by atoms with Crippen molar-refractivity contribution in [3.05, 3.63) is 22.7 Å². The van der Waals surface area contributed by atoms with E-state index in [1.807, 2.05) is 19.1 Å². The number of anilines is 2. The minimum absolute atomic E-state index is 0.0353. The van der Waals surface area contributed by atoms with Crippen LogP contribution in [0.25, 0.3) is 0 Å². The van der Waals surface area contributed by atoms with Gasteiger partial charge in [-0.05, 0) is 37.6 Å². The molecule has 0 atom stereocenters. The van der Waals surface area contributed by atoms with E-state index in [0.29, 0.717) is 18.0 Å². The van der Waals surface area contributed by atoms with E-state index in [1.165, 1.54) is 0 Å². The lowest BCUT2D eigenvalue weighted by Crippen LogP contribution is -2.27. The second-order valence-electron chi connectivity index (χ2n) is 4.55. The smallest absolute Gasteiger partial charge is 0.226 e. The van der Waals surface area contributed by atoms with Gasteiger partial charge in [0, 0.05) is 24.5 Å². The number of aryl methyl sites for hydroxylation is 1. The van der Waals surface area contributed by atoms with E-state index in [2.05, 4.69) is 10.2 Å². The van der Waals surface area contributed by atoms with Crippen LogP contribution in [0, 0.1) is 6.92 Å². The molecule has 0 saturated heterocycles. The number of halogens is 1. The predicted molar refractivity (Wildman–Crippen MR) is 75.3 cm³/mol. The Labute approximate surface area is 112 Å². The molecule has 0 aromatic heterocycles. The van der Waals surface area contributed by atoms with E-state index in [4.69, 9.17) is 17.3 Å². The number of carbonyl (C=O) groups is 1. The van der Waals surface area contributed by atoms with Crippen molar-refractivity contribution in [1.82, 2.24) is 0 Å². The number of rotatable bonds is 3. The molecule has 18 heavy (non-hydrogen) atoms. The lowest BCUT2D eigenvalue weighted by atomic mass is 10.1. The summed E-state index contributed by atoms with van der Waals surface area (Å²) in [6.07, 6.45) is 1.41.